The van der Waals surface area contributed by atoms with Crippen molar-refractivity contribution in [1.29, 1.82) is 0 Å². The van der Waals surface area contributed by atoms with Crippen LogP contribution in [-0.2, 0) is 16.0 Å². The van der Waals surface area contributed by atoms with Crippen LogP contribution in [0.3, 0.4) is 0 Å². The van der Waals surface area contributed by atoms with E-state index in [0.717, 1.165) is 10.0 Å². The van der Waals surface area contributed by atoms with Crippen molar-refractivity contribution in [2.45, 2.75) is 25.9 Å². The average Bonchev–Trinajstić information content (AvgIpc) is 2.38. The number of benzene rings is 1. The first-order chi connectivity index (χ1) is 9.04. The van der Waals surface area contributed by atoms with Crippen molar-refractivity contribution in [2.24, 2.45) is 5.92 Å². The Labute approximate surface area is 121 Å². The Kier molecular flexibility index (Phi) is 7.05. The van der Waals surface area contributed by atoms with Crippen molar-refractivity contribution in [2.75, 3.05) is 13.2 Å². The molecular formula is C14H19BrO4. The molecule has 0 heterocycles. The highest BCUT2D eigenvalue weighted by Crippen LogP contribution is 2.22. The Hall–Kier alpha value is -0.910. The van der Waals surface area contributed by atoms with Gasteiger partial charge < -0.3 is 14.9 Å². The van der Waals surface area contributed by atoms with Gasteiger partial charge in [0.05, 0.1) is 18.6 Å². The molecule has 2 unspecified atom stereocenters. The molecule has 0 radical (unpaired) electrons. The van der Waals surface area contributed by atoms with Crippen molar-refractivity contribution < 1.29 is 19.7 Å². The zero-order chi connectivity index (χ0) is 14.3. The van der Waals surface area contributed by atoms with Crippen LogP contribution in [0, 0.1) is 5.92 Å². The summed E-state index contributed by atoms with van der Waals surface area (Å²) in [6, 6.07) is 7.52. The summed E-state index contributed by atoms with van der Waals surface area (Å²) in [7, 11) is 0. The first-order valence-electron chi connectivity index (χ1n) is 6.26. The van der Waals surface area contributed by atoms with E-state index in [1.807, 2.05) is 31.2 Å². The van der Waals surface area contributed by atoms with E-state index < -0.39 is 18.0 Å². The van der Waals surface area contributed by atoms with E-state index in [1.165, 1.54) is 0 Å². The van der Waals surface area contributed by atoms with E-state index in [1.54, 1.807) is 0 Å². The van der Waals surface area contributed by atoms with Gasteiger partial charge in [-0.2, -0.15) is 0 Å². The molecule has 0 bridgehead atoms. The molecule has 0 spiro atoms. The van der Waals surface area contributed by atoms with Gasteiger partial charge in [-0.15, -0.1) is 0 Å². The fourth-order valence-corrected chi connectivity index (χ4v) is 2.30. The number of ether oxygens (including phenoxy) is 1. The minimum absolute atomic E-state index is 0.177. The molecular weight excluding hydrogens is 312 g/mol. The van der Waals surface area contributed by atoms with Gasteiger partial charge in [0.1, 0.15) is 0 Å². The monoisotopic (exact) mass is 330 g/mol. The normalized spacial score (nSPS) is 14.1. The van der Waals surface area contributed by atoms with Gasteiger partial charge in [0.2, 0.25) is 0 Å². The fourth-order valence-electron chi connectivity index (χ4n) is 1.85. The van der Waals surface area contributed by atoms with Crippen LogP contribution in [0.15, 0.2) is 28.7 Å². The second-order valence-corrected chi connectivity index (χ2v) is 5.23. The van der Waals surface area contributed by atoms with E-state index in [2.05, 4.69) is 15.9 Å². The van der Waals surface area contributed by atoms with Crippen LogP contribution in [0.5, 0.6) is 0 Å². The topological polar surface area (TPSA) is 66.8 Å². The quantitative estimate of drug-likeness (QED) is 0.768. The number of aliphatic hydroxyl groups excluding tert-OH is 1. The van der Waals surface area contributed by atoms with Gasteiger partial charge >= 0.3 is 5.97 Å². The molecule has 0 amide bonds. The number of halogens is 1. The lowest BCUT2D eigenvalue weighted by molar-refractivity contribution is -0.143. The number of carbonyl (C=O) groups is 1. The summed E-state index contributed by atoms with van der Waals surface area (Å²) in [5.74, 6) is -1.51. The molecule has 0 aromatic heterocycles. The number of aliphatic hydroxyl groups is 1. The Morgan fingerprint density at radius 1 is 1.42 bits per heavy atom. The van der Waals surface area contributed by atoms with E-state index in [0.29, 0.717) is 13.0 Å². The number of hydrogen-bond donors (Lipinski definition) is 2. The second kappa shape index (κ2) is 8.30. The summed E-state index contributed by atoms with van der Waals surface area (Å²) in [5.41, 5.74) is 0.929. The lowest BCUT2D eigenvalue weighted by Crippen LogP contribution is -2.26. The third kappa shape index (κ3) is 5.72. The molecule has 1 aromatic rings. The maximum atomic E-state index is 11.3. The van der Waals surface area contributed by atoms with Crippen molar-refractivity contribution in [3.63, 3.8) is 0 Å². The van der Waals surface area contributed by atoms with Crippen LogP contribution < -0.4 is 0 Å². The molecule has 0 fully saturated rings. The molecule has 1 aromatic carbocycles. The Morgan fingerprint density at radius 2 is 2.11 bits per heavy atom. The second-order valence-electron chi connectivity index (χ2n) is 4.38. The van der Waals surface area contributed by atoms with Crippen LogP contribution in [0.2, 0.25) is 0 Å². The maximum Gasteiger partial charge on any atom is 0.306 e. The number of carboxylic acids is 1. The largest absolute Gasteiger partial charge is 0.481 e. The molecule has 0 aliphatic carbocycles. The summed E-state index contributed by atoms with van der Waals surface area (Å²) in [5, 5.41) is 19.0. The minimum atomic E-state index is -0.897. The van der Waals surface area contributed by atoms with Crippen LogP contribution in [0.25, 0.3) is 0 Å². The molecule has 0 aliphatic rings. The lowest BCUT2D eigenvalue weighted by atomic mass is 9.94. The number of aliphatic carboxylic acids is 1. The van der Waals surface area contributed by atoms with Crippen LogP contribution >= 0.6 is 15.9 Å². The number of rotatable bonds is 8. The van der Waals surface area contributed by atoms with Crippen molar-refractivity contribution in [3.8, 4) is 0 Å². The Morgan fingerprint density at radius 3 is 2.68 bits per heavy atom. The van der Waals surface area contributed by atoms with Crippen molar-refractivity contribution in [1.82, 2.24) is 0 Å². The summed E-state index contributed by atoms with van der Waals surface area (Å²) >= 11 is 3.40. The molecule has 106 valence electrons. The first-order valence-corrected chi connectivity index (χ1v) is 7.05. The number of carboxylic acid groups (broad SMARTS) is 1. The molecule has 0 saturated heterocycles. The SMILES string of the molecule is CCOCC(O)CC(Cc1ccccc1Br)C(=O)O. The first kappa shape index (κ1) is 16.1. The predicted molar refractivity (Wildman–Crippen MR) is 76.1 cm³/mol. The summed E-state index contributed by atoms with van der Waals surface area (Å²) < 4.78 is 5.99. The predicted octanol–water partition coefficient (Wildman–Crippen LogP) is 2.48. The standard InChI is InChI=1S/C14H19BrO4/c1-2-19-9-12(16)8-11(14(17)18)7-10-5-3-4-6-13(10)15/h3-6,11-12,16H,2,7-9H2,1H3,(H,17,18). The maximum absolute atomic E-state index is 11.3. The smallest absolute Gasteiger partial charge is 0.306 e. The van der Waals surface area contributed by atoms with E-state index >= 15 is 0 Å². The Bertz CT molecular complexity index is 408. The van der Waals surface area contributed by atoms with Gasteiger partial charge in [-0.25, -0.2) is 0 Å². The fraction of sp³-hybridized carbons (Fsp3) is 0.500. The van der Waals surface area contributed by atoms with Crippen LogP contribution in [0.1, 0.15) is 18.9 Å². The molecule has 0 saturated carbocycles. The third-order valence-corrected chi connectivity index (χ3v) is 3.62. The molecule has 4 nitrogen and oxygen atoms in total. The molecule has 5 heteroatoms. The number of hydrogen-bond acceptors (Lipinski definition) is 3. The molecule has 2 N–H and O–H groups in total. The summed E-state index contributed by atoms with van der Waals surface area (Å²) in [4.78, 5) is 11.3. The highest BCUT2D eigenvalue weighted by molar-refractivity contribution is 9.10. The molecule has 1 rings (SSSR count). The van der Waals surface area contributed by atoms with Crippen molar-refractivity contribution >= 4 is 21.9 Å². The van der Waals surface area contributed by atoms with Crippen molar-refractivity contribution in [3.05, 3.63) is 34.3 Å². The van der Waals surface area contributed by atoms with Gasteiger partial charge in [0.15, 0.2) is 0 Å². The van der Waals surface area contributed by atoms with Gasteiger partial charge in [-0.3, -0.25) is 4.79 Å². The zero-order valence-corrected chi connectivity index (χ0v) is 12.5. The van der Waals surface area contributed by atoms with Gasteiger partial charge in [0, 0.05) is 11.1 Å². The van der Waals surface area contributed by atoms with Crippen LogP contribution in [-0.4, -0.2) is 35.5 Å². The highest BCUT2D eigenvalue weighted by Gasteiger charge is 2.22. The highest BCUT2D eigenvalue weighted by atomic mass is 79.9. The summed E-state index contributed by atoms with van der Waals surface area (Å²) in [6.45, 7) is 2.53. The third-order valence-electron chi connectivity index (χ3n) is 2.84. The lowest BCUT2D eigenvalue weighted by Gasteiger charge is -2.17. The minimum Gasteiger partial charge on any atom is -0.481 e. The average molecular weight is 331 g/mol. The van der Waals surface area contributed by atoms with Gasteiger partial charge in [-0.1, -0.05) is 34.1 Å². The van der Waals surface area contributed by atoms with E-state index in [4.69, 9.17) is 4.74 Å². The molecule has 19 heavy (non-hydrogen) atoms. The summed E-state index contributed by atoms with van der Waals surface area (Å²) in [6.07, 6.45) is -0.167. The van der Waals surface area contributed by atoms with E-state index in [9.17, 15) is 15.0 Å². The Balaban J connectivity index is 2.63. The molecule has 2 atom stereocenters. The van der Waals surface area contributed by atoms with Gasteiger partial charge in [0.25, 0.3) is 0 Å². The zero-order valence-electron chi connectivity index (χ0n) is 10.9. The molecule has 0 aliphatic heterocycles. The van der Waals surface area contributed by atoms with E-state index in [-0.39, 0.29) is 13.0 Å². The van der Waals surface area contributed by atoms with Gasteiger partial charge in [-0.05, 0) is 31.4 Å². The van der Waals surface area contributed by atoms with Crippen LogP contribution in [0.4, 0.5) is 0 Å².